The number of methoxy groups -OCH3 is 1. The van der Waals surface area contributed by atoms with Crippen molar-refractivity contribution in [2.24, 2.45) is 4.99 Å². The number of para-hydroxylation sites is 2. The molecule has 1 heterocycles. The van der Waals surface area contributed by atoms with Crippen LogP contribution in [0.2, 0.25) is 0 Å². The van der Waals surface area contributed by atoms with Crippen molar-refractivity contribution in [3.8, 4) is 11.5 Å². The predicted octanol–water partition coefficient (Wildman–Crippen LogP) is 5.97. The molecule has 0 bridgehead atoms. The minimum atomic E-state index is -0.167. The van der Waals surface area contributed by atoms with Crippen molar-refractivity contribution in [3.63, 3.8) is 0 Å². The molecular weight excluding hydrogens is 464 g/mol. The highest BCUT2D eigenvalue weighted by Gasteiger charge is 2.34. The molecule has 1 fully saturated rings. The van der Waals surface area contributed by atoms with Crippen LogP contribution < -0.4 is 9.64 Å². The molecule has 0 radical (unpaired) electrons. The Morgan fingerprint density at radius 1 is 1.07 bits per heavy atom. The summed E-state index contributed by atoms with van der Waals surface area (Å²) < 4.78 is 5.85. The van der Waals surface area contributed by atoms with Gasteiger partial charge in [-0.05, 0) is 59.8 Å². The molecule has 0 spiro atoms. The first kappa shape index (κ1) is 20.3. The normalized spacial score (nSPS) is 16.5. The molecule has 0 atom stereocenters. The second kappa shape index (κ2) is 8.77. The number of hydrogen-bond acceptors (Lipinski definition) is 5. The van der Waals surface area contributed by atoms with Gasteiger partial charge in [0, 0.05) is 4.47 Å². The average molecular weight is 481 g/mol. The maximum Gasteiger partial charge on any atom is 0.271 e. The fourth-order valence-electron chi connectivity index (χ4n) is 2.94. The lowest BCUT2D eigenvalue weighted by atomic mass is 10.2. The summed E-state index contributed by atoms with van der Waals surface area (Å²) in [5.74, 6) is 0.188. The minimum Gasteiger partial charge on any atom is -0.504 e. The van der Waals surface area contributed by atoms with Crippen LogP contribution >= 0.6 is 27.7 Å². The molecule has 1 aliphatic rings. The molecule has 3 aromatic carbocycles. The lowest BCUT2D eigenvalue weighted by molar-refractivity contribution is -0.113. The molecular formula is C23H17BrN2O3S. The predicted molar refractivity (Wildman–Crippen MR) is 125 cm³/mol. The molecule has 0 saturated carbocycles. The Kier molecular flexibility index (Phi) is 5.92. The molecule has 0 aliphatic carbocycles. The van der Waals surface area contributed by atoms with Gasteiger partial charge >= 0.3 is 0 Å². The standard InChI is InChI=1S/C23H17BrN2O3S/c1-29-20-12-15(18(24)14-19(20)27)13-21-22(28)26(17-10-6-3-7-11-17)23(30-21)25-16-8-4-2-5-9-16/h2-14,27H,1H3. The van der Waals surface area contributed by atoms with E-state index in [1.807, 2.05) is 60.7 Å². The highest BCUT2D eigenvalue weighted by Crippen LogP contribution is 2.39. The third-order valence-corrected chi connectivity index (χ3v) is 6.04. The second-order valence-electron chi connectivity index (χ2n) is 6.36. The van der Waals surface area contributed by atoms with Gasteiger partial charge in [0.2, 0.25) is 0 Å². The van der Waals surface area contributed by atoms with Gasteiger partial charge in [0.1, 0.15) is 0 Å². The Morgan fingerprint density at radius 3 is 2.40 bits per heavy atom. The summed E-state index contributed by atoms with van der Waals surface area (Å²) in [6.45, 7) is 0. The largest absolute Gasteiger partial charge is 0.504 e. The van der Waals surface area contributed by atoms with E-state index in [0.717, 1.165) is 16.9 Å². The number of phenols is 1. The molecule has 1 saturated heterocycles. The first-order chi connectivity index (χ1) is 14.6. The van der Waals surface area contributed by atoms with Gasteiger partial charge in [-0.3, -0.25) is 9.69 Å². The molecule has 4 rings (SSSR count). The van der Waals surface area contributed by atoms with Gasteiger partial charge < -0.3 is 9.84 Å². The lowest BCUT2D eigenvalue weighted by Crippen LogP contribution is -2.28. The summed E-state index contributed by atoms with van der Waals surface area (Å²) >= 11 is 4.74. The van der Waals surface area contributed by atoms with E-state index in [1.54, 1.807) is 23.1 Å². The van der Waals surface area contributed by atoms with Gasteiger partial charge in [0.25, 0.3) is 5.91 Å². The monoisotopic (exact) mass is 480 g/mol. The van der Waals surface area contributed by atoms with Gasteiger partial charge in [-0.1, -0.05) is 52.3 Å². The number of thioether (sulfide) groups is 1. The number of aliphatic imine (C=N–C) groups is 1. The molecule has 7 heteroatoms. The van der Waals surface area contributed by atoms with Crippen LogP contribution in [0.15, 0.2) is 87.2 Å². The number of benzene rings is 3. The number of carbonyl (C=O) groups excluding carboxylic acids is 1. The van der Waals surface area contributed by atoms with E-state index < -0.39 is 0 Å². The zero-order valence-electron chi connectivity index (χ0n) is 15.9. The maximum absolute atomic E-state index is 13.3. The molecule has 1 aliphatic heterocycles. The number of rotatable bonds is 4. The number of ether oxygens (including phenoxy) is 1. The van der Waals surface area contributed by atoms with Crippen molar-refractivity contribution in [1.82, 2.24) is 0 Å². The third-order valence-electron chi connectivity index (χ3n) is 4.39. The van der Waals surface area contributed by atoms with Gasteiger partial charge in [-0.25, -0.2) is 4.99 Å². The van der Waals surface area contributed by atoms with E-state index >= 15 is 0 Å². The lowest BCUT2D eigenvalue weighted by Gasteiger charge is -2.15. The topological polar surface area (TPSA) is 62.1 Å². The van der Waals surface area contributed by atoms with Crippen LogP contribution in [-0.4, -0.2) is 23.3 Å². The van der Waals surface area contributed by atoms with Crippen LogP contribution in [-0.2, 0) is 4.79 Å². The zero-order valence-corrected chi connectivity index (χ0v) is 18.4. The first-order valence-electron chi connectivity index (χ1n) is 9.06. The second-order valence-corrected chi connectivity index (χ2v) is 8.23. The molecule has 0 unspecified atom stereocenters. The number of nitrogens with zero attached hydrogens (tertiary/aromatic N) is 2. The summed E-state index contributed by atoms with van der Waals surface area (Å²) in [6, 6.07) is 22.2. The molecule has 1 amide bonds. The maximum atomic E-state index is 13.3. The summed E-state index contributed by atoms with van der Waals surface area (Å²) in [5, 5.41) is 10.5. The number of aromatic hydroxyl groups is 1. The fourth-order valence-corrected chi connectivity index (χ4v) is 4.38. The Morgan fingerprint density at radius 2 is 1.73 bits per heavy atom. The highest BCUT2D eigenvalue weighted by atomic mass is 79.9. The average Bonchev–Trinajstić information content (AvgIpc) is 3.06. The van der Waals surface area contributed by atoms with E-state index in [-0.39, 0.29) is 11.7 Å². The van der Waals surface area contributed by atoms with Gasteiger partial charge in [-0.2, -0.15) is 0 Å². The molecule has 0 aromatic heterocycles. The van der Waals surface area contributed by atoms with Crippen molar-refractivity contribution >= 4 is 56.2 Å². The number of halogens is 1. The van der Waals surface area contributed by atoms with Crippen molar-refractivity contribution < 1.29 is 14.6 Å². The fraction of sp³-hybridized carbons (Fsp3) is 0.0435. The number of hydrogen-bond donors (Lipinski definition) is 1. The highest BCUT2D eigenvalue weighted by molar-refractivity contribution is 9.10. The van der Waals surface area contributed by atoms with Gasteiger partial charge in [0.05, 0.1) is 23.4 Å². The minimum absolute atomic E-state index is 0.0224. The first-order valence-corrected chi connectivity index (χ1v) is 10.7. The molecule has 150 valence electrons. The van der Waals surface area contributed by atoms with Crippen LogP contribution in [0.1, 0.15) is 5.56 Å². The Balaban J connectivity index is 1.79. The van der Waals surface area contributed by atoms with Crippen molar-refractivity contribution in [2.45, 2.75) is 0 Å². The van der Waals surface area contributed by atoms with Crippen molar-refractivity contribution in [3.05, 3.63) is 87.7 Å². The summed E-state index contributed by atoms with van der Waals surface area (Å²) in [5.41, 5.74) is 2.23. The quantitative estimate of drug-likeness (QED) is 0.467. The molecule has 3 aromatic rings. The van der Waals surface area contributed by atoms with Gasteiger partial charge in [-0.15, -0.1) is 0 Å². The number of amides is 1. The van der Waals surface area contributed by atoms with E-state index in [4.69, 9.17) is 9.73 Å². The number of phenolic OH excluding ortho intramolecular Hbond substituents is 1. The molecule has 30 heavy (non-hydrogen) atoms. The van der Waals surface area contributed by atoms with Crippen molar-refractivity contribution in [2.75, 3.05) is 12.0 Å². The molecule has 5 nitrogen and oxygen atoms in total. The van der Waals surface area contributed by atoms with E-state index in [1.165, 1.54) is 18.9 Å². The smallest absolute Gasteiger partial charge is 0.271 e. The zero-order chi connectivity index (χ0) is 21.1. The third kappa shape index (κ3) is 4.13. The summed E-state index contributed by atoms with van der Waals surface area (Å²) in [4.78, 5) is 20.1. The van der Waals surface area contributed by atoms with Crippen molar-refractivity contribution in [1.29, 1.82) is 0 Å². The Hall–Kier alpha value is -3.03. The number of anilines is 1. The summed E-state index contributed by atoms with van der Waals surface area (Å²) in [6.07, 6.45) is 1.77. The van der Waals surface area contributed by atoms with Crippen LogP contribution in [0.5, 0.6) is 11.5 Å². The van der Waals surface area contributed by atoms with Crippen LogP contribution in [0.4, 0.5) is 11.4 Å². The Labute approximate surface area is 186 Å². The number of amidine groups is 1. The van der Waals surface area contributed by atoms with E-state index in [9.17, 15) is 9.90 Å². The summed E-state index contributed by atoms with van der Waals surface area (Å²) in [7, 11) is 1.48. The molecule has 1 N–H and O–H groups in total. The number of carbonyl (C=O) groups is 1. The van der Waals surface area contributed by atoms with Crippen LogP contribution in [0, 0.1) is 0 Å². The van der Waals surface area contributed by atoms with E-state index in [0.29, 0.717) is 20.3 Å². The Bertz CT molecular complexity index is 1150. The SMILES string of the molecule is COc1cc(C=C2SC(=Nc3ccccc3)N(c3ccccc3)C2=O)c(Br)cc1O. The van der Waals surface area contributed by atoms with Crippen LogP contribution in [0.25, 0.3) is 6.08 Å². The van der Waals surface area contributed by atoms with Crippen LogP contribution in [0.3, 0.4) is 0 Å². The van der Waals surface area contributed by atoms with E-state index in [2.05, 4.69) is 15.9 Å². The van der Waals surface area contributed by atoms with Gasteiger partial charge in [0.15, 0.2) is 16.7 Å².